The van der Waals surface area contributed by atoms with E-state index in [2.05, 4.69) is 28.7 Å². The summed E-state index contributed by atoms with van der Waals surface area (Å²) in [5, 5.41) is 0. The molecule has 2 aromatic rings. The predicted molar refractivity (Wildman–Crippen MR) is 103 cm³/mol. The Morgan fingerprint density at radius 2 is 1.71 bits per heavy atom. The Morgan fingerprint density at radius 3 is 2.38 bits per heavy atom. The summed E-state index contributed by atoms with van der Waals surface area (Å²) in [6.07, 6.45) is -0.408. The van der Waals surface area contributed by atoms with E-state index in [0.29, 0.717) is 0 Å². The Bertz CT molecular complexity index is 794. The van der Waals surface area contributed by atoms with Crippen molar-refractivity contribution in [3.05, 3.63) is 71.3 Å². The Balaban J connectivity index is 2.17. The molecule has 0 spiro atoms. The predicted octanol–water partition coefficient (Wildman–Crippen LogP) is 5.22. The zero-order valence-electron chi connectivity index (χ0n) is 13.9. The lowest BCUT2D eigenvalue weighted by Gasteiger charge is -2.37. The molecule has 0 fully saturated rings. The first kappa shape index (κ1) is 17.0. The van der Waals surface area contributed by atoms with Crippen LogP contribution in [0, 0.1) is 5.41 Å². The van der Waals surface area contributed by atoms with Crippen molar-refractivity contribution in [2.24, 2.45) is 5.41 Å². The molecule has 0 saturated heterocycles. The van der Waals surface area contributed by atoms with Gasteiger partial charge in [-0.15, -0.1) is 0 Å². The summed E-state index contributed by atoms with van der Waals surface area (Å²) in [7, 11) is 1.41. The normalized spacial score (nSPS) is 17.1. The fourth-order valence-corrected chi connectivity index (χ4v) is 3.90. The number of rotatable bonds is 3. The lowest BCUT2D eigenvalue weighted by Crippen LogP contribution is -2.35. The van der Waals surface area contributed by atoms with E-state index < -0.39 is 11.5 Å². The highest BCUT2D eigenvalue weighted by Gasteiger charge is 2.44. The first-order valence-corrected chi connectivity index (χ1v) is 8.84. The number of hydrogen-bond donors (Lipinski definition) is 0. The van der Waals surface area contributed by atoms with Crippen LogP contribution >= 0.6 is 22.6 Å². The molecule has 0 N–H and O–H groups in total. The van der Waals surface area contributed by atoms with Crippen LogP contribution in [-0.4, -0.2) is 13.1 Å². The van der Waals surface area contributed by atoms with Crippen LogP contribution < -0.4 is 0 Å². The molecule has 0 amide bonds. The van der Waals surface area contributed by atoms with Crippen LogP contribution in [0.15, 0.2) is 54.6 Å². The van der Waals surface area contributed by atoms with Crippen LogP contribution in [0.1, 0.15) is 36.6 Å². The number of ether oxygens (including phenoxy) is 2. The van der Waals surface area contributed by atoms with Gasteiger partial charge in [-0.25, -0.2) is 0 Å². The van der Waals surface area contributed by atoms with Crippen LogP contribution in [-0.2, 0) is 14.3 Å². The molecule has 0 radical (unpaired) electrons. The van der Waals surface area contributed by atoms with Gasteiger partial charge in [0, 0.05) is 11.1 Å². The molecule has 1 heterocycles. The first-order valence-electron chi connectivity index (χ1n) is 7.76. The molecule has 3 nitrogen and oxygen atoms in total. The minimum absolute atomic E-state index is 0.286. The van der Waals surface area contributed by atoms with Gasteiger partial charge in [-0.2, -0.15) is 0 Å². The molecule has 4 heteroatoms. The summed E-state index contributed by atoms with van der Waals surface area (Å²) >= 11 is 2.32. The maximum absolute atomic E-state index is 12.3. The third kappa shape index (κ3) is 2.83. The van der Waals surface area contributed by atoms with Crippen LogP contribution in [0.25, 0.3) is 9.34 Å². The van der Waals surface area contributed by atoms with E-state index in [1.165, 1.54) is 7.11 Å². The standard InChI is InChI=1S/C20H19IO3/c1-20(2,19(22)23-3)18-15-12-8-7-11-14(15)16(21)17(24-18)13-9-5-4-6-10-13/h4-12,18H,1-3H3. The van der Waals surface area contributed by atoms with Crippen LogP contribution in [0.2, 0.25) is 0 Å². The van der Waals surface area contributed by atoms with Gasteiger partial charge in [-0.05, 0) is 42.0 Å². The second kappa shape index (κ2) is 6.59. The third-order valence-electron chi connectivity index (χ3n) is 4.32. The second-order valence-electron chi connectivity index (χ2n) is 6.31. The molecule has 1 aliphatic rings. The Hall–Kier alpha value is -1.82. The summed E-state index contributed by atoms with van der Waals surface area (Å²) < 4.78 is 12.4. The molecule has 3 rings (SSSR count). The van der Waals surface area contributed by atoms with Gasteiger partial charge in [0.25, 0.3) is 0 Å². The molecule has 0 saturated carbocycles. The molecule has 124 valence electrons. The molecule has 1 unspecified atom stereocenters. The van der Waals surface area contributed by atoms with Crippen LogP contribution in [0.4, 0.5) is 0 Å². The zero-order chi connectivity index (χ0) is 17.3. The highest BCUT2D eigenvalue weighted by Crippen LogP contribution is 2.50. The lowest BCUT2D eigenvalue weighted by molar-refractivity contribution is -0.157. The molecule has 24 heavy (non-hydrogen) atoms. The average Bonchev–Trinajstić information content (AvgIpc) is 2.62. The highest BCUT2D eigenvalue weighted by atomic mass is 127. The van der Waals surface area contributed by atoms with Gasteiger partial charge >= 0.3 is 5.97 Å². The lowest BCUT2D eigenvalue weighted by atomic mass is 9.79. The molecule has 2 aromatic carbocycles. The Labute approximate surface area is 155 Å². The monoisotopic (exact) mass is 434 g/mol. The maximum atomic E-state index is 12.3. The van der Waals surface area contributed by atoms with Crippen molar-refractivity contribution in [3.8, 4) is 0 Å². The number of esters is 1. The van der Waals surface area contributed by atoms with Crippen molar-refractivity contribution >= 4 is 37.9 Å². The fourth-order valence-electron chi connectivity index (χ4n) is 2.97. The summed E-state index contributed by atoms with van der Waals surface area (Å²) in [6, 6.07) is 18.0. The number of fused-ring (bicyclic) bond motifs is 1. The van der Waals surface area contributed by atoms with Crippen molar-refractivity contribution in [1.29, 1.82) is 0 Å². The van der Waals surface area contributed by atoms with Gasteiger partial charge in [0.15, 0.2) is 0 Å². The second-order valence-corrected chi connectivity index (χ2v) is 7.39. The SMILES string of the molecule is COC(=O)C(C)(C)C1OC(c2ccccc2)=C(I)c2ccccc21. The topological polar surface area (TPSA) is 35.5 Å². The van der Waals surface area contributed by atoms with Crippen LogP contribution in [0.3, 0.4) is 0 Å². The molecular formula is C20H19IO3. The van der Waals surface area contributed by atoms with Gasteiger partial charge in [0.2, 0.25) is 0 Å². The highest BCUT2D eigenvalue weighted by molar-refractivity contribution is 14.1. The fraction of sp³-hybridized carbons (Fsp3) is 0.250. The molecule has 1 atom stereocenters. The Kier molecular flexibility index (Phi) is 4.67. The number of carbonyl (C=O) groups excluding carboxylic acids is 1. The largest absolute Gasteiger partial charge is 0.483 e. The molecule has 0 aliphatic carbocycles. The van der Waals surface area contributed by atoms with Crippen molar-refractivity contribution < 1.29 is 14.3 Å². The number of carbonyl (C=O) groups is 1. The number of hydrogen-bond acceptors (Lipinski definition) is 3. The van der Waals surface area contributed by atoms with Crippen molar-refractivity contribution in [2.45, 2.75) is 20.0 Å². The third-order valence-corrected chi connectivity index (χ3v) is 5.39. The van der Waals surface area contributed by atoms with Gasteiger partial charge in [-0.3, -0.25) is 4.79 Å². The number of benzene rings is 2. The van der Waals surface area contributed by atoms with E-state index >= 15 is 0 Å². The van der Waals surface area contributed by atoms with E-state index in [-0.39, 0.29) is 5.97 Å². The van der Waals surface area contributed by atoms with Gasteiger partial charge in [0.05, 0.1) is 10.7 Å². The summed E-state index contributed by atoms with van der Waals surface area (Å²) in [5.41, 5.74) is 2.31. The smallest absolute Gasteiger partial charge is 0.315 e. The van der Waals surface area contributed by atoms with Gasteiger partial charge in [-0.1, -0.05) is 54.6 Å². The van der Waals surface area contributed by atoms with E-state index in [1.54, 1.807) is 0 Å². The maximum Gasteiger partial charge on any atom is 0.315 e. The van der Waals surface area contributed by atoms with Crippen LogP contribution in [0.5, 0.6) is 0 Å². The average molecular weight is 434 g/mol. The van der Waals surface area contributed by atoms with Gasteiger partial charge < -0.3 is 9.47 Å². The minimum atomic E-state index is -0.803. The van der Waals surface area contributed by atoms with Crippen molar-refractivity contribution in [2.75, 3.05) is 7.11 Å². The van der Waals surface area contributed by atoms with Gasteiger partial charge in [0.1, 0.15) is 17.3 Å². The summed E-state index contributed by atoms with van der Waals surface area (Å²) in [6.45, 7) is 3.72. The molecule has 0 bridgehead atoms. The number of methoxy groups -OCH3 is 1. The van der Waals surface area contributed by atoms with E-state index in [4.69, 9.17) is 9.47 Å². The molecular weight excluding hydrogens is 415 g/mol. The van der Waals surface area contributed by atoms with E-state index in [1.807, 2.05) is 62.4 Å². The molecule has 0 aromatic heterocycles. The van der Waals surface area contributed by atoms with Crippen molar-refractivity contribution in [1.82, 2.24) is 0 Å². The summed E-state index contributed by atoms with van der Waals surface area (Å²) in [4.78, 5) is 12.3. The minimum Gasteiger partial charge on any atom is -0.483 e. The number of halogens is 1. The Morgan fingerprint density at radius 1 is 1.08 bits per heavy atom. The van der Waals surface area contributed by atoms with Crippen molar-refractivity contribution in [3.63, 3.8) is 0 Å². The van der Waals surface area contributed by atoms with E-state index in [9.17, 15) is 4.79 Å². The summed E-state index contributed by atoms with van der Waals surface area (Å²) in [5.74, 6) is 0.517. The van der Waals surface area contributed by atoms with E-state index in [0.717, 1.165) is 26.0 Å². The zero-order valence-corrected chi connectivity index (χ0v) is 16.0. The molecule has 1 aliphatic heterocycles. The first-order chi connectivity index (χ1) is 11.5. The quantitative estimate of drug-likeness (QED) is 0.491.